The standard InChI is InChI=1S/C43H62O3/c1-2-3-4-5-6-7-8-9-10-11-12-13-14-15-16-27-36-45-37-28-26-35-42(44)38-46-43(39-29-20-17-21-30-39,40-31-22-18-23-32-40)41-33-24-19-25-34-41/h9-10,17-25,29-34,42,44H,2-8,11-16,26-28,35-38H2,1H3/b10-9-. The maximum Gasteiger partial charge on any atom is 0.143 e. The summed E-state index contributed by atoms with van der Waals surface area (Å²) >= 11 is 0. The van der Waals surface area contributed by atoms with Crippen molar-refractivity contribution in [1.29, 1.82) is 0 Å². The second kappa shape index (κ2) is 24.5. The van der Waals surface area contributed by atoms with Gasteiger partial charge in [-0.1, -0.05) is 168 Å². The van der Waals surface area contributed by atoms with Gasteiger partial charge in [-0.15, -0.1) is 0 Å². The molecule has 0 bridgehead atoms. The number of rotatable bonds is 27. The number of hydrogen-bond donors (Lipinski definition) is 1. The Bertz CT molecular complexity index is 1030. The van der Waals surface area contributed by atoms with Crippen LogP contribution in [0.5, 0.6) is 0 Å². The first-order valence-electron chi connectivity index (χ1n) is 18.5. The van der Waals surface area contributed by atoms with Crippen molar-refractivity contribution in [3.05, 3.63) is 120 Å². The zero-order chi connectivity index (χ0) is 32.4. The van der Waals surface area contributed by atoms with E-state index in [2.05, 4.69) is 55.5 Å². The Morgan fingerprint density at radius 2 is 0.957 bits per heavy atom. The highest BCUT2D eigenvalue weighted by atomic mass is 16.5. The number of ether oxygens (including phenoxy) is 2. The molecule has 0 spiro atoms. The van der Waals surface area contributed by atoms with Gasteiger partial charge < -0.3 is 14.6 Å². The minimum absolute atomic E-state index is 0.259. The van der Waals surface area contributed by atoms with Crippen molar-refractivity contribution >= 4 is 0 Å². The molecule has 0 fully saturated rings. The van der Waals surface area contributed by atoms with E-state index in [9.17, 15) is 5.11 Å². The second-order valence-corrected chi connectivity index (χ2v) is 12.8. The molecule has 0 aliphatic rings. The third-order valence-electron chi connectivity index (χ3n) is 8.91. The van der Waals surface area contributed by atoms with E-state index < -0.39 is 11.7 Å². The summed E-state index contributed by atoms with van der Waals surface area (Å²) in [6.45, 7) is 4.15. The fourth-order valence-electron chi connectivity index (χ4n) is 6.21. The third kappa shape index (κ3) is 14.4. The lowest BCUT2D eigenvalue weighted by molar-refractivity contribution is -0.0409. The van der Waals surface area contributed by atoms with E-state index in [1.807, 2.05) is 54.6 Å². The molecule has 3 rings (SSSR count). The maximum atomic E-state index is 10.9. The summed E-state index contributed by atoms with van der Waals surface area (Å²) in [5.41, 5.74) is 2.37. The van der Waals surface area contributed by atoms with Crippen LogP contribution in [0, 0.1) is 0 Å². The molecule has 0 amide bonds. The van der Waals surface area contributed by atoms with E-state index in [-0.39, 0.29) is 6.61 Å². The summed E-state index contributed by atoms with van der Waals surface area (Å²) in [6, 6.07) is 31.0. The first-order chi connectivity index (χ1) is 22.8. The highest BCUT2D eigenvalue weighted by Crippen LogP contribution is 2.40. The first-order valence-corrected chi connectivity index (χ1v) is 18.5. The topological polar surface area (TPSA) is 38.7 Å². The second-order valence-electron chi connectivity index (χ2n) is 12.8. The Balaban J connectivity index is 1.25. The first kappa shape index (κ1) is 37.7. The van der Waals surface area contributed by atoms with E-state index in [1.54, 1.807) is 0 Å². The van der Waals surface area contributed by atoms with Crippen molar-refractivity contribution in [3.8, 4) is 0 Å². The van der Waals surface area contributed by atoms with Crippen LogP contribution in [0.25, 0.3) is 0 Å². The average molecular weight is 627 g/mol. The monoisotopic (exact) mass is 626 g/mol. The van der Waals surface area contributed by atoms with Gasteiger partial charge in [0.1, 0.15) is 5.60 Å². The van der Waals surface area contributed by atoms with E-state index in [0.29, 0.717) is 6.42 Å². The van der Waals surface area contributed by atoms with Gasteiger partial charge in [0.25, 0.3) is 0 Å². The van der Waals surface area contributed by atoms with Crippen LogP contribution in [-0.4, -0.2) is 31.0 Å². The molecule has 3 aromatic rings. The van der Waals surface area contributed by atoms with E-state index in [1.165, 1.54) is 83.5 Å². The predicted octanol–water partition coefficient (Wildman–Crippen LogP) is 11.6. The number of unbranched alkanes of at least 4 members (excludes halogenated alkanes) is 13. The summed E-state index contributed by atoms with van der Waals surface area (Å²) in [5, 5.41) is 10.9. The largest absolute Gasteiger partial charge is 0.391 e. The van der Waals surface area contributed by atoms with Crippen LogP contribution in [0.15, 0.2) is 103 Å². The minimum Gasteiger partial charge on any atom is -0.391 e. The van der Waals surface area contributed by atoms with Crippen molar-refractivity contribution in [2.75, 3.05) is 19.8 Å². The molecule has 252 valence electrons. The highest BCUT2D eigenvalue weighted by molar-refractivity contribution is 5.47. The van der Waals surface area contributed by atoms with Crippen molar-refractivity contribution in [1.82, 2.24) is 0 Å². The Morgan fingerprint density at radius 1 is 0.543 bits per heavy atom. The number of aliphatic hydroxyl groups is 1. The molecule has 0 aliphatic heterocycles. The summed E-state index contributed by atoms with van der Waals surface area (Å²) in [5.74, 6) is 0. The van der Waals surface area contributed by atoms with Gasteiger partial charge in [-0.05, 0) is 68.1 Å². The molecule has 46 heavy (non-hydrogen) atoms. The molecule has 0 saturated carbocycles. The van der Waals surface area contributed by atoms with Crippen LogP contribution in [0.1, 0.15) is 133 Å². The molecule has 1 atom stereocenters. The summed E-state index contributed by atoms with van der Waals surface area (Å²) < 4.78 is 12.7. The fraction of sp³-hybridized carbons (Fsp3) is 0.535. The highest BCUT2D eigenvalue weighted by Gasteiger charge is 2.37. The SMILES string of the molecule is CCCCCCCC/C=C\CCCCCCCCOCCCCC(O)COC(c1ccccc1)(c1ccccc1)c1ccccc1. The van der Waals surface area contributed by atoms with Crippen LogP contribution in [0.2, 0.25) is 0 Å². The van der Waals surface area contributed by atoms with Gasteiger partial charge in [0.15, 0.2) is 0 Å². The molecule has 1 N–H and O–H groups in total. The Labute approximate surface area is 281 Å². The lowest BCUT2D eigenvalue weighted by Crippen LogP contribution is -2.35. The van der Waals surface area contributed by atoms with Crippen LogP contribution in [0.3, 0.4) is 0 Å². The van der Waals surface area contributed by atoms with Gasteiger partial charge >= 0.3 is 0 Å². The van der Waals surface area contributed by atoms with Crippen molar-refractivity contribution in [2.45, 2.75) is 128 Å². The van der Waals surface area contributed by atoms with Gasteiger partial charge in [0.05, 0.1) is 12.7 Å². The molecular weight excluding hydrogens is 564 g/mol. The molecule has 0 saturated heterocycles. The number of aliphatic hydroxyl groups excluding tert-OH is 1. The van der Waals surface area contributed by atoms with E-state index >= 15 is 0 Å². The molecule has 1 unspecified atom stereocenters. The Morgan fingerprint density at radius 3 is 1.43 bits per heavy atom. The normalized spacial score (nSPS) is 12.6. The van der Waals surface area contributed by atoms with Gasteiger partial charge in [-0.3, -0.25) is 0 Å². The van der Waals surface area contributed by atoms with E-state index in [4.69, 9.17) is 9.47 Å². The molecule has 0 heterocycles. The average Bonchev–Trinajstić information content (AvgIpc) is 3.10. The molecular formula is C43H62O3. The van der Waals surface area contributed by atoms with Crippen molar-refractivity contribution < 1.29 is 14.6 Å². The summed E-state index contributed by atoms with van der Waals surface area (Å²) in [7, 11) is 0. The molecule has 0 radical (unpaired) electrons. The minimum atomic E-state index is -0.794. The maximum absolute atomic E-state index is 10.9. The predicted molar refractivity (Wildman–Crippen MR) is 195 cm³/mol. The molecule has 3 nitrogen and oxygen atoms in total. The number of allylic oxidation sites excluding steroid dienone is 2. The lowest BCUT2D eigenvalue weighted by atomic mass is 9.80. The lowest BCUT2D eigenvalue weighted by Gasteiger charge is -2.36. The molecule has 3 heteroatoms. The third-order valence-corrected chi connectivity index (χ3v) is 8.91. The molecule has 3 aromatic carbocycles. The van der Waals surface area contributed by atoms with Crippen molar-refractivity contribution in [3.63, 3.8) is 0 Å². The zero-order valence-electron chi connectivity index (χ0n) is 28.8. The fourth-order valence-corrected chi connectivity index (χ4v) is 6.21. The van der Waals surface area contributed by atoms with Crippen LogP contribution >= 0.6 is 0 Å². The summed E-state index contributed by atoms with van der Waals surface area (Å²) in [4.78, 5) is 0. The smallest absolute Gasteiger partial charge is 0.143 e. The van der Waals surface area contributed by atoms with Gasteiger partial charge in [0.2, 0.25) is 0 Å². The quantitative estimate of drug-likeness (QED) is 0.0520. The number of benzene rings is 3. The Hall–Kier alpha value is -2.72. The number of hydrogen-bond acceptors (Lipinski definition) is 3. The molecule has 0 aliphatic carbocycles. The van der Waals surface area contributed by atoms with Crippen LogP contribution in [0.4, 0.5) is 0 Å². The van der Waals surface area contributed by atoms with Gasteiger partial charge in [-0.2, -0.15) is 0 Å². The van der Waals surface area contributed by atoms with Crippen LogP contribution < -0.4 is 0 Å². The van der Waals surface area contributed by atoms with Crippen molar-refractivity contribution in [2.24, 2.45) is 0 Å². The van der Waals surface area contributed by atoms with Crippen LogP contribution in [-0.2, 0) is 15.1 Å². The molecule has 0 aromatic heterocycles. The van der Waals surface area contributed by atoms with E-state index in [0.717, 1.165) is 49.2 Å². The summed E-state index contributed by atoms with van der Waals surface area (Å²) in [6.07, 6.45) is 25.4. The zero-order valence-corrected chi connectivity index (χ0v) is 28.8. The van der Waals surface area contributed by atoms with Gasteiger partial charge in [-0.25, -0.2) is 0 Å². The van der Waals surface area contributed by atoms with Gasteiger partial charge in [0, 0.05) is 13.2 Å². The Kier molecular flexibility index (Phi) is 20.1.